The van der Waals surface area contributed by atoms with Crippen molar-refractivity contribution >= 4 is 19.2 Å². The summed E-state index contributed by atoms with van der Waals surface area (Å²) in [7, 11) is 0. The fourth-order valence-corrected chi connectivity index (χ4v) is 0.769. The number of aldehydes is 1. The van der Waals surface area contributed by atoms with E-state index in [2.05, 4.69) is 5.97 Å². The topological polar surface area (TPSA) is 17.1 Å². The van der Waals surface area contributed by atoms with Crippen LogP contribution in [0.2, 0.25) is 5.82 Å². The van der Waals surface area contributed by atoms with Gasteiger partial charge in [0.1, 0.15) is 0 Å². The first-order valence-electron chi connectivity index (χ1n) is 2.55. The third-order valence-corrected chi connectivity index (χ3v) is 1.22. The summed E-state index contributed by atoms with van der Waals surface area (Å²) in [6.07, 6.45) is 3.12. The summed E-state index contributed by atoms with van der Waals surface area (Å²) in [6.45, 7) is 1.97. The summed E-state index contributed by atoms with van der Waals surface area (Å²) in [5, 5.41) is 0. The van der Waals surface area contributed by atoms with Crippen LogP contribution >= 0.6 is 0 Å². The van der Waals surface area contributed by atoms with E-state index in [1.807, 2.05) is 6.92 Å². The zero-order valence-electron chi connectivity index (χ0n) is 4.13. The van der Waals surface area contributed by atoms with Crippen LogP contribution in [0, 0.1) is 0 Å². The Bertz CT molecular complexity index is 98.3. The molecule has 0 saturated carbocycles. The summed E-state index contributed by atoms with van der Waals surface area (Å²) in [6, 6.07) is 0. The van der Waals surface area contributed by atoms with E-state index >= 15 is 0 Å². The van der Waals surface area contributed by atoms with Gasteiger partial charge in [0.15, 0.2) is 0 Å². The quantitative estimate of drug-likeness (QED) is 0.336. The summed E-state index contributed by atoms with van der Waals surface area (Å²) >= 11 is 0. The maximum atomic E-state index is 9.96. The predicted molar refractivity (Wildman–Crippen MR) is 30.9 cm³/mol. The Morgan fingerprint density at radius 3 is 3.00 bits per heavy atom. The van der Waals surface area contributed by atoms with E-state index in [9.17, 15) is 4.79 Å². The van der Waals surface area contributed by atoms with E-state index in [1.165, 1.54) is 0 Å². The molecule has 0 aromatic heterocycles. The number of carbonyl (C=O) groups excluding carboxylic acids is 1. The van der Waals surface area contributed by atoms with Crippen LogP contribution in [0.3, 0.4) is 0 Å². The van der Waals surface area contributed by atoms with Crippen LogP contribution in [0.25, 0.3) is 0 Å². The average molecular weight is 93.9 g/mol. The second-order valence-corrected chi connectivity index (χ2v) is 1.81. The third kappa shape index (κ3) is 0.984. The molecule has 1 aliphatic heterocycles. The minimum atomic E-state index is 0.236. The van der Waals surface area contributed by atoms with Gasteiger partial charge >= 0.3 is 42.6 Å². The van der Waals surface area contributed by atoms with Crippen LogP contribution in [0.15, 0.2) is 0 Å². The van der Waals surface area contributed by atoms with E-state index in [1.54, 1.807) is 0 Å². The van der Waals surface area contributed by atoms with Crippen molar-refractivity contribution in [2.45, 2.75) is 18.7 Å². The molecule has 0 bridgehead atoms. The maximum absolute atomic E-state index is 9.96. The average Bonchev–Trinajstić information content (AvgIpc) is 2.14. The molecule has 0 spiro atoms. The number of rotatable bonds is 1. The summed E-state index contributed by atoms with van der Waals surface area (Å²) < 4.78 is 0. The van der Waals surface area contributed by atoms with E-state index in [4.69, 9.17) is 0 Å². The van der Waals surface area contributed by atoms with Crippen molar-refractivity contribution in [1.29, 1.82) is 0 Å². The molecule has 0 N–H and O–H groups in total. The van der Waals surface area contributed by atoms with Crippen LogP contribution in [0.4, 0.5) is 0 Å². The number of hydrogen-bond acceptors (Lipinski definition) is 1. The van der Waals surface area contributed by atoms with Crippen LogP contribution < -0.4 is 0 Å². The first-order valence-corrected chi connectivity index (χ1v) is 2.55. The van der Waals surface area contributed by atoms with Gasteiger partial charge in [0.05, 0.1) is 0 Å². The Kier molecular flexibility index (Phi) is 1.40. The molecule has 0 fully saturated rings. The molecule has 2 heteroatoms. The fraction of sp³-hybridized carbons (Fsp3) is 0.600. The SMILES string of the molecule is O=CC1B=CCC1. The zero-order valence-corrected chi connectivity index (χ0v) is 4.13. The summed E-state index contributed by atoms with van der Waals surface area (Å²) in [5.41, 5.74) is 0. The van der Waals surface area contributed by atoms with Crippen LogP contribution in [0.1, 0.15) is 12.8 Å². The molecule has 0 aromatic carbocycles. The van der Waals surface area contributed by atoms with Crippen molar-refractivity contribution in [3.05, 3.63) is 0 Å². The van der Waals surface area contributed by atoms with Gasteiger partial charge in [-0.2, -0.15) is 0 Å². The first-order chi connectivity index (χ1) is 3.43. The molecular weight excluding hydrogens is 86.9 g/mol. The van der Waals surface area contributed by atoms with Crippen molar-refractivity contribution < 1.29 is 4.79 Å². The molecule has 1 atom stereocenters. The Morgan fingerprint density at radius 2 is 2.71 bits per heavy atom. The van der Waals surface area contributed by atoms with Gasteiger partial charge in [-0.15, -0.1) is 0 Å². The van der Waals surface area contributed by atoms with Crippen LogP contribution in [-0.2, 0) is 4.79 Å². The van der Waals surface area contributed by atoms with Crippen molar-refractivity contribution in [3.8, 4) is 0 Å². The van der Waals surface area contributed by atoms with E-state index in [0.717, 1.165) is 19.1 Å². The number of carbonyl (C=O) groups is 1. The molecule has 0 aromatic rings. The zero-order chi connectivity index (χ0) is 5.11. The van der Waals surface area contributed by atoms with Crippen molar-refractivity contribution in [3.63, 3.8) is 0 Å². The number of hydrogen-bond donors (Lipinski definition) is 0. The third-order valence-electron chi connectivity index (χ3n) is 1.22. The molecule has 0 aliphatic carbocycles. The van der Waals surface area contributed by atoms with Gasteiger partial charge in [-0.25, -0.2) is 0 Å². The fourth-order valence-electron chi connectivity index (χ4n) is 0.769. The summed E-state index contributed by atoms with van der Waals surface area (Å²) in [4.78, 5) is 9.96. The molecule has 0 saturated heterocycles. The standard InChI is InChI=1S/C5H7BO/c7-4-5-2-1-3-6-5/h3-5H,1-2H2. The molecule has 1 aliphatic rings. The van der Waals surface area contributed by atoms with Gasteiger partial charge < -0.3 is 0 Å². The molecular formula is C5H7BO. The van der Waals surface area contributed by atoms with Gasteiger partial charge in [0, 0.05) is 0 Å². The van der Waals surface area contributed by atoms with Crippen molar-refractivity contribution in [2.75, 3.05) is 0 Å². The Hall–Kier alpha value is -0.395. The molecule has 1 unspecified atom stereocenters. The predicted octanol–water partition coefficient (Wildman–Crippen LogP) is 0.274. The first kappa shape index (κ1) is 4.76. The molecule has 0 amide bonds. The van der Waals surface area contributed by atoms with Gasteiger partial charge in [0.25, 0.3) is 0 Å². The van der Waals surface area contributed by atoms with Gasteiger partial charge in [-0.1, -0.05) is 0 Å². The molecule has 1 nitrogen and oxygen atoms in total. The van der Waals surface area contributed by atoms with Gasteiger partial charge in [0.2, 0.25) is 0 Å². The molecule has 1 rings (SSSR count). The summed E-state index contributed by atoms with van der Waals surface area (Å²) in [5.74, 6) is 2.29. The molecule has 1 heterocycles. The van der Waals surface area contributed by atoms with Crippen molar-refractivity contribution in [1.82, 2.24) is 0 Å². The van der Waals surface area contributed by atoms with E-state index < -0.39 is 0 Å². The normalized spacial score (nSPS) is 27.1. The van der Waals surface area contributed by atoms with Gasteiger partial charge in [-0.05, 0) is 0 Å². The van der Waals surface area contributed by atoms with Crippen molar-refractivity contribution in [2.24, 2.45) is 0 Å². The monoisotopic (exact) mass is 94.1 g/mol. The second-order valence-electron chi connectivity index (χ2n) is 1.81. The van der Waals surface area contributed by atoms with Gasteiger partial charge in [-0.3, -0.25) is 0 Å². The van der Waals surface area contributed by atoms with E-state index in [0.29, 0.717) is 0 Å². The van der Waals surface area contributed by atoms with Crippen LogP contribution in [0.5, 0.6) is 0 Å². The molecule has 36 valence electrons. The van der Waals surface area contributed by atoms with E-state index in [-0.39, 0.29) is 5.82 Å². The Morgan fingerprint density at radius 1 is 1.86 bits per heavy atom. The Balaban J connectivity index is 2.42. The second kappa shape index (κ2) is 2.06. The molecule has 0 radical (unpaired) electrons. The minimum absolute atomic E-state index is 0.236. The van der Waals surface area contributed by atoms with Crippen LogP contribution in [-0.4, -0.2) is 19.2 Å². The Labute approximate surface area is 43.6 Å². The molecule has 7 heavy (non-hydrogen) atoms.